The summed E-state index contributed by atoms with van der Waals surface area (Å²) in [5, 5.41) is 2.90. The van der Waals surface area contributed by atoms with Crippen LogP contribution in [0.15, 0.2) is 53.4 Å². The lowest BCUT2D eigenvalue weighted by Gasteiger charge is -2.19. The molecule has 6 nitrogen and oxygen atoms in total. The van der Waals surface area contributed by atoms with E-state index in [1.54, 1.807) is 12.1 Å². The van der Waals surface area contributed by atoms with E-state index in [1.165, 1.54) is 56.5 Å². The second kappa shape index (κ2) is 10.6. The topological polar surface area (TPSA) is 78.5 Å². The molecule has 1 amide bonds. The number of benzene rings is 2. The maximum absolute atomic E-state index is 12.6. The van der Waals surface area contributed by atoms with E-state index in [2.05, 4.69) is 39.2 Å². The van der Waals surface area contributed by atoms with Gasteiger partial charge in [0.25, 0.3) is 5.91 Å². The molecule has 0 unspecified atom stereocenters. The van der Waals surface area contributed by atoms with Crippen molar-refractivity contribution >= 4 is 15.9 Å². The zero-order valence-electron chi connectivity index (χ0n) is 18.6. The van der Waals surface area contributed by atoms with Gasteiger partial charge in [0.05, 0.1) is 4.90 Å². The molecule has 7 heteroatoms. The van der Waals surface area contributed by atoms with Gasteiger partial charge in [-0.25, -0.2) is 13.1 Å². The highest BCUT2D eigenvalue weighted by atomic mass is 32.2. The second-order valence-electron chi connectivity index (χ2n) is 9.01. The van der Waals surface area contributed by atoms with E-state index in [9.17, 15) is 13.2 Å². The highest BCUT2D eigenvalue weighted by molar-refractivity contribution is 7.89. The number of carbonyl (C=O) groups is 1. The summed E-state index contributed by atoms with van der Waals surface area (Å²) in [6.07, 6.45) is 7.38. The summed E-state index contributed by atoms with van der Waals surface area (Å²) >= 11 is 0. The molecule has 1 saturated carbocycles. The average molecular weight is 456 g/mol. The van der Waals surface area contributed by atoms with E-state index in [1.807, 2.05) is 0 Å². The molecule has 0 spiro atoms. The number of nitrogens with one attached hydrogen (secondary N) is 2. The number of amides is 1. The Morgan fingerprint density at radius 2 is 1.62 bits per heavy atom. The molecule has 32 heavy (non-hydrogen) atoms. The Morgan fingerprint density at radius 3 is 2.31 bits per heavy atom. The van der Waals surface area contributed by atoms with E-state index in [-0.39, 0.29) is 10.8 Å². The molecule has 1 heterocycles. The highest BCUT2D eigenvalue weighted by Gasteiger charge is 2.24. The molecule has 172 valence electrons. The van der Waals surface area contributed by atoms with Gasteiger partial charge < -0.3 is 5.32 Å². The minimum Gasteiger partial charge on any atom is -0.348 e. The van der Waals surface area contributed by atoms with Crippen LogP contribution >= 0.6 is 0 Å². The summed E-state index contributed by atoms with van der Waals surface area (Å²) in [5.74, 6) is 0.171. The smallest absolute Gasteiger partial charge is 0.251 e. The van der Waals surface area contributed by atoms with Crippen molar-refractivity contribution in [2.24, 2.45) is 5.92 Å². The fraction of sp³-hybridized carbons (Fsp3) is 0.480. The summed E-state index contributed by atoms with van der Waals surface area (Å²) in [6, 6.07) is 14.6. The van der Waals surface area contributed by atoms with Crippen molar-refractivity contribution in [1.82, 2.24) is 14.9 Å². The predicted octanol–water partition coefficient (Wildman–Crippen LogP) is 3.68. The average Bonchev–Trinajstić information content (AvgIpc) is 3.65. The third-order valence-corrected chi connectivity index (χ3v) is 7.67. The van der Waals surface area contributed by atoms with Gasteiger partial charge in [-0.3, -0.25) is 9.69 Å². The summed E-state index contributed by atoms with van der Waals surface area (Å²) in [6.45, 7) is 4.18. The third-order valence-electron chi connectivity index (χ3n) is 6.25. The van der Waals surface area contributed by atoms with Crippen molar-refractivity contribution in [2.45, 2.75) is 56.5 Å². The summed E-state index contributed by atoms with van der Waals surface area (Å²) in [4.78, 5) is 15.2. The minimum atomic E-state index is -3.59. The molecule has 1 saturated heterocycles. The van der Waals surface area contributed by atoms with Crippen LogP contribution in [0.2, 0.25) is 0 Å². The lowest BCUT2D eigenvalue weighted by atomic mass is 10.1. The number of hydrogen-bond acceptors (Lipinski definition) is 4. The molecule has 0 radical (unpaired) electrons. The first-order chi connectivity index (χ1) is 15.5. The van der Waals surface area contributed by atoms with Gasteiger partial charge in [0.2, 0.25) is 10.0 Å². The quantitative estimate of drug-likeness (QED) is 0.605. The Balaban J connectivity index is 1.30. The molecule has 2 aliphatic rings. The van der Waals surface area contributed by atoms with Gasteiger partial charge in [0.1, 0.15) is 0 Å². The molecule has 2 N–H and O–H groups in total. The van der Waals surface area contributed by atoms with E-state index in [4.69, 9.17) is 0 Å². The molecule has 2 aromatic rings. The number of nitrogens with zero attached hydrogens (tertiary/aromatic N) is 1. The molecule has 0 bridgehead atoms. The SMILES string of the molecule is O=C(NCc1ccc(CN2CCCCCC2)cc1)c1cccc(S(=O)(=O)NCC2CC2)c1. The summed E-state index contributed by atoms with van der Waals surface area (Å²) in [5.41, 5.74) is 2.66. The Labute approximate surface area is 191 Å². The maximum atomic E-state index is 12.6. The zero-order chi connectivity index (χ0) is 22.4. The molecule has 0 aromatic heterocycles. The number of sulfonamides is 1. The van der Waals surface area contributed by atoms with Gasteiger partial charge in [0, 0.05) is 25.2 Å². The number of rotatable bonds is 9. The molecule has 2 aromatic carbocycles. The lowest BCUT2D eigenvalue weighted by molar-refractivity contribution is 0.0950. The monoisotopic (exact) mass is 455 g/mol. The van der Waals surface area contributed by atoms with Crippen LogP contribution in [0, 0.1) is 5.92 Å². The largest absolute Gasteiger partial charge is 0.348 e. The predicted molar refractivity (Wildman–Crippen MR) is 126 cm³/mol. The zero-order valence-corrected chi connectivity index (χ0v) is 19.4. The van der Waals surface area contributed by atoms with Crippen LogP contribution in [0.25, 0.3) is 0 Å². The second-order valence-corrected chi connectivity index (χ2v) is 10.8. The Hall–Kier alpha value is -2.22. The molecule has 1 aliphatic carbocycles. The van der Waals surface area contributed by atoms with Crippen LogP contribution in [0.1, 0.15) is 60.0 Å². The Bertz CT molecular complexity index is 1010. The molecule has 1 aliphatic heterocycles. The van der Waals surface area contributed by atoms with Gasteiger partial charge in [-0.15, -0.1) is 0 Å². The number of hydrogen-bond donors (Lipinski definition) is 2. The maximum Gasteiger partial charge on any atom is 0.251 e. The van der Waals surface area contributed by atoms with Crippen molar-refractivity contribution in [3.63, 3.8) is 0 Å². The van der Waals surface area contributed by atoms with Gasteiger partial charge >= 0.3 is 0 Å². The van der Waals surface area contributed by atoms with E-state index < -0.39 is 10.0 Å². The van der Waals surface area contributed by atoms with Crippen LogP contribution in [0.3, 0.4) is 0 Å². The molecule has 0 atom stereocenters. The molecule has 4 rings (SSSR count). The van der Waals surface area contributed by atoms with Crippen molar-refractivity contribution in [3.8, 4) is 0 Å². The fourth-order valence-electron chi connectivity index (χ4n) is 4.04. The first kappa shape index (κ1) is 23.0. The van der Waals surface area contributed by atoms with Crippen molar-refractivity contribution < 1.29 is 13.2 Å². The summed E-state index contributed by atoms with van der Waals surface area (Å²) in [7, 11) is -3.59. The fourth-order valence-corrected chi connectivity index (χ4v) is 5.20. The number of carbonyl (C=O) groups excluding carboxylic acids is 1. The Kier molecular flexibility index (Phi) is 7.60. The van der Waals surface area contributed by atoms with E-state index >= 15 is 0 Å². The van der Waals surface area contributed by atoms with Gasteiger partial charge in [-0.1, -0.05) is 43.2 Å². The van der Waals surface area contributed by atoms with Crippen LogP contribution in [0.5, 0.6) is 0 Å². The lowest BCUT2D eigenvalue weighted by Crippen LogP contribution is -2.27. The molecular weight excluding hydrogens is 422 g/mol. The normalized spacial score (nSPS) is 17.6. The number of likely N-dealkylation sites (tertiary alicyclic amines) is 1. The highest BCUT2D eigenvalue weighted by Crippen LogP contribution is 2.28. The minimum absolute atomic E-state index is 0.128. The summed E-state index contributed by atoms with van der Waals surface area (Å²) < 4.78 is 27.6. The van der Waals surface area contributed by atoms with Crippen LogP contribution < -0.4 is 10.0 Å². The van der Waals surface area contributed by atoms with Crippen molar-refractivity contribution in [2.75, 3.05) is 19.6 Å². The van der Waals surface area contributed by atoms with Crippen molar-refractivity contribution in [3.05, 3.63) is 65.2 Å². The molecule has 2 fully saturated rings. The van der Waals surface area contributed by atoms with E-state index in [0.717, 1.165) is 24.9 Å². The first-order valence-corrected chi connectivity index (χ1v) is 13.2. The van der Waals surface area contributed by atoms with Gasteiger partial charge in [-0.05, 0) is 74.0 Å². The van der Waals surface area contributed by atoms with Gasteiger partial charge in [-0.2, -0.15) is 0 Å². The van der Waals surface area contributed by atoms with Crippen molar-refractivity contribution in [1.29, 1.82) is 0 Å². The van der Waals surface area contributed by atoms with E-state index in [0.29, 0.717) is 24.6 Å². The standard InChI is InChI=1S/C25H33N3O3S/c29-25(23-6-5-7-24(16-23)32(30,31)27-18-21-8-9-21)26-17-20-10-12-22(13-11-20)19-28-14-3-1-2-4-15-28/h5-7,10-13,16,21,27H,1-4,8-9,14-15,17-19H2,(H,26,29). The van der Waals surface area contributed by atoms with Crippen LogP contribution in [-0.4, -0.2) is 38.9 Å². The molecular formula is C25H33N3O3S. The van der Waals surface area contributed by atoms with Gasteiger partial charge in [0.15, 0.2) is 0 Å². The van der Waals surface area contributed by atoms with Crippen LogP contribution in [0.4, 0.5) is 0 Å². The van der Waals surface area contributed by atoms with Crippen LogP contribution in [-0.2, 0) is 23.1 Å². The first-order valence-electron chi connectivity index (χ1n) is 11.7. The Morgan fingerprint density at radius 1 is 0.938 bits per heavy atom. The third kappa shape index (κ3) is 6.64.